The lowest BCUT2D eigenvalue weighted by atomic mass is 9.93. The van der Waals surface area contributed by atoms with E-state index in [2.05, 4.69) is 41.0 Å². The molecule has 0 saturated carbocycles. The first-order valence-corrected chi connectivity index (χ1v) is 10.9. The van der Waals surface area contributed by atoms with Crippen LogP contribution in [-0.2, 0) is 19.5 Å². The van der Waals surface area contributed by atoms with Gasteiger partial charge in [0, 0.05) is 37.3 Å². The molecule has 0 aliphatic carbocycles. The van der Waals surface area contributed by atoms with Crippen LogP contribution in [0.4, 0.5) is 0 Å². The number of piperidine rings is 1. The minimum Gasteiger partial charge on any atom is -0.496 e. The zero-order chi connectivity index (χ0) is 20.2. The maximum absolute atomic E-state index is 5.64. The second-order valence-electron chi connectivity index (χ2n) is 8.62. The second kappa shape index (κ2) is 9.19. The van der Waals surface area contributed by atoms with E-state index in [9.17, 15) is 0 Å². The highest BCUT2D eigenvalue weighted by Crippen LogP contribution is 2.35. The summed E-state index contributed by atoms with van der Waals surface area (Å²) in [5.41, 5.74) is 5.44. The van der Waals surface area contributed by atoms with Crippen LogP contribution in [-0.4, -0.2) is 50.2 Å². The third kappa shape index (κ3) is 4.76. The van der Waals surface area contributed by atoms with E-state index in [0.717, 1.165) is 43.5 Å². The Balaban J connectivity index is 1.31. The van der Waals surface area contributed by atoms with Gasteiger partial charge in [-0.15, -0.1) is 0 Å². The summed E-state index contributed by atoms with van der Waals surface area (Å²) in [7, 11) is 3.53. The maximum atomic E-state index is 5.64. The normalized spacial score (nSPS) is 18.4. The number of aryl methyl sites for hydroxylation is 1. The Bertz CT molecular complexity index is 828. The van der Waals surface area contributed by atoms with Gasteiger partial charge in [0.2, 0.25) is 0 Å². The third-order valence-corrected chi connectivity index (χ3v) is 6.56. The van der Waals surface area contributed by atoms with E-state index >= 15 is 0 Å². The standard InChI is InChI=1S/C25H34N2O2/c1-19-5-4-6-21(15-19)17-26-12-9-20(10-13-26)16-27-14-11-22-23(18-27)25(29-3)8-7-24(22)28-2/h4-8,15,20H,9-14,16-18H2,1-3H3. The van der Waals surface area contributed by atoms with E-state index in [1.54, 1.807) is 14.2 Å². The Morgan fingerprint density at radius 3 is 2.31 bits per heavy atom. The molecular formula is C25H34N2O2. The number of rotatable bonds is 6. The van der Waals surface area contributed by atoms with Crippen LogP contribution in [0.25, 0.3) is 0 Å². The van der Waals surface area contributed by atoms with Crippen molar-refractivity contribution in [3.05, 3.63) is 58.7 Å². The van der Waals surface area contributed by atoms with Gasteiger partial charge in [-0.25, -0.2) is 0 Å². The molecule has 0 spiro atoms. The van der Waals surface area contributed by atoms with Crippen molar-refractivity contribution in [3.63, 3.8) is 0 Å². The van der Waals surface area contributed by atoms with Crippen LogP contribution in [0.5, 0.6) is 11.5 Å². The van der Waals surface area contributed by atoms with Gasteiger partial charge in [0.25, 0.3) is 0 Å². The molecule has 0 radical (unpaired) electrons. The molecule has 1 fully saturated rings. The van der Waals surface area contributed by atoms with Crippen LogP contribution in [0, 0.1) is 12.8 Å². The lowest BCUT2D eigenvalue weighted by molar-refractivity contribution is 0.131. The molecule has 0 atom stereocenters. The van der Waals surface area contributed by atoms with Crippen LogP contribution in [0.2, 0.25) is 0 Å². The van der Waals surface area contributed by atoms with Gasteiger partial charge in [0.1, 0.15) is 11.5 Å². The smallest absolute Gasteiger partial charge is 0.123 e. The van der Waals surface area contributed by atoms with Crippen molar-refractivity contribution >= 4 is 0 Å². The lowest BCUT2D eigenvalue weighted by Crippen LogP contribution is -2.40. The van der Waals surface area contributed by atoms with E-state index in [1.165, 1.54) is 54.7 Å². The van der Waals surface area contributed by atoms with Gasteiger partial charge in [0.15, 0.2) is 0 Å². The number of hydrogen-bond donors (Lipinski definition) is 0. The number of ether oxygens (including phenoxy) is 2. The SMILES string of the molecule is COc1ccc(OC)c2c1CCN(CC1CCN(Cc3cccc(C)c3)CC1)C2. The number of fused-ring (bicyclic) bond motifs is 1. The average Bonchev–Trinajstić information content (AvgIpc) is 2.74. The molecule has 156 valence electrons. The van der Waals surface area contributed by atoms with E-state index < -0.39 is 0 Å². The van der Waals surface area contributed by atoms with Crippen molar-refractivity contribution in [2.75, 3.05) is 40.4 Å². The highest BCUT2D eigenvalue weighted by atomic mass is 16.5. The summed E-state index contributed by atoms with van der Waals surface area (Å²) in [6, 6.07) is 13.0. The van der Waals surface area contributed by atoms with Crippen molar-refractivity contribution in [1.82, 2.24) is 9.80 Å². The molecule has 0 bridgehead atoms. The molecule has 4 rings (SSSR count). The summed E-state index contributed by atoms with van der Waals surface area (Å²) in [5, 5.41) is 0. The number of methoxy groups -OCH3 is 2. The first-order valence-electron chi connectivity index (χ1n) is 10.9. The molecule has 0 amide bonds. The quantitative estimate of drug-likeness (QED) is 0.730. The summed E-state index contributed by atoms with van der Waals surface area (Å²) in [6.07, 6.45) is 3.64. The van der Waals surface area contributed by atoms with Gasteiger partial charge in [-0.1, -0.05) is 29.8 Å². The van der Waals surface area contributed by atoms with Gasteiger partial charge in [0.05, 0.1) is 14.2 Å². The van der Waals surface area contributed by atoms with Gasteiger partial charge in [-0.2, -0.15) is 0 Å². The second-order valence-corrected chi connectivity index (χ2v) is 8.62. The Morgan fingerprint density at radius 1 is 0.897 bits per heavy atom. The number of benzene rings is 2. The van der Waals surface area contributed by atoms with Crippen LogP contribution in [0.3, 0.4) is 0 Å². The number of hydrogen-bond acceptors (Lipinski definition) is 4. The van der Waals surface area contributed by atoms with E-state index in [4.69, 9.17) is 9.47 Å². The van der Waals surface area contributed by atoms with Crippen molar-refractivity contribution in [3.8, 4) is 11.5 Å². The Labute approximate surface area is 175 Å². The molecule has 2 aliphatic rings. The summed E-state index contributed by atoms with van der Waals surface area (Å²) in [4.78, 5) is 5.23. The molecule has 2 aromatic carbocycles. The summed E-state index contributed by atoms with van der Waals surface area (Å²) < 4.78 is 11.2. The van der Waals surface area contributed by atoms with E-state index in [1.807, 2.05) is 12.1 Å². The van der Waals surface area contributed by atoms with Crippen LogP contribution in [0.1, 0.15) is 35.1 Å². The van der Waals surface area contributed by atoms with Gasteiger partial charge in [-0.3, -0.25) is 9.80 Å². The summed E-state index contributed by atoms with van der Waals surface area (Å²) >= 11 is 0. The molecule has 2 heterocycles. The van der Waals surface area contributed by atoms with Crippen molar-refractivity contribution in [2.24, 2.45) is 5.92 Å². The fourth-order valence-electron chi connectivity index (χ4n) is 4.97. The fraction of sp³-hybridized carbons (Fsp3) is 0.520. The fourth-order valence-corrected chi connectivity index (χ4v) is 4.97. The molecule has 4 nitrogen and oxygen atoms in total. The van der Waals surface area contributed by atoms with E-state index in [0.29, 0.717) is 0 Å². The molecule has 4 heteroatoms. The van der Waals surface area contributed by atoms with Crippen LogP contribution in [0.15, 0.2) is 36.4 Å². The largest absolute Gasteiger partial charge is 0.496 e. The monoisotopic (exact) mass is 394 g/mol. The molecule has 29 heavy (non-hydrogen) atoms. The van der Waals surface area contributed by atoms with Crippen LogP contribution >= 0.6 is 0 Å². The maximum Gasteiger partial charge on any atom is 0.123 e. The minimum atomic E-state index is 0.793. The predicted molar refractivity (Wildman–Crippen MR) is 118 cm³/mol. The van der Waals surface area contributed by atoms with Crippen molar-refractivity contribution in [2.45, 2.75) is 39.3 Å². The third-order valence-electron chi connectivity index (χ3n) is 6.56. The molecule has 0 unspecified atom stereocenters. The predicted octanol–water partition coefficient (Wildman–Crippen LogP) is 4.28. The number of nitrogens with zero attached hydrogens (tertiary/aromatic N) is 2. The molecule has 0 aromatic heterocycles. The molecule has 2 aliphatic heterocycles. The van der Waals surface area contributed by atoms with Crippen molar-refractivity contribution in [1.29, 1.82) is 0 Å². The number of likely N-dealkylation sites (tertiary alicyclic amines) is 1. The first kappa shape index (κ1) is 20.2. The Hall–Kier alpha value is -2.04. The Morgan fingerprint density at radius 2 is 1.62 bits per heavy atom. The highest BCUT2D eigenvalue weighted by Gasteiger charge is 2.26. The highest BCUT2D eigenvalue weighted by molar-refractivity contribution is 5.49. The van der Waals surface area contributed by atoms with Gasteiger partial charge >= 0.3 is 0 Å². The first-order chi connectivity index (χ1) is 14.2. The molecule has 2 aromatic rings. The summed E-state index contributed by atoms with van der Waals surface area (Å²) in [6.45, 7) is 8.96. The van der Waals surface area contributed by atoms with E-state index in [-0.39, 0.29) is 0 Å². The van der Waals surface area contributed by atoms with Crippen molar-refractivity contribution < 1.29 is 9.47 Å². The molecular weight excluding hydrogens is 360 g/mol. The topological polar surface area (TPSA) is 24.9 Å². The lowest BCUT2D eigenvalue weighted by Gasteiger charge is -2.37. The average molecular weight is 395 g/mol. The summed E-state index contributed by atoms with van der Waals surface area (Å²) in [5.74, 6) is 2.80. The molecule has 1 saturated heterocycles. The molecule has 0 N–H and O–H groups in total. The van der Waals surface area contributed by atoms with Gasteiger partial charge < -0.3 is 9.47 Å². The Kier molecular flexibility index (Phi) is 6.41. The van der Waals surface area contributed by atoms with Gasteiger partial charge in [-0.05, 0) is 62.9 Å². The minimum absolute atomic E-state index is 0.793. The van der Waals surface area contributed by atoms with Crippen LogP contribution < -0.4 is 9.47 Å². The zero-order valence-electron chi connectivity index (χ0n) is 18.1. The zero-order valence-corrected chi connectivity index (χ0v) is 18.1.